The van der Waals surface area contributed by atoms with Crippen molar-refractivity contribution < 1.29 is 4.79 Å². The summed E-state index contributed by atoms with van der Waals surface area (Å²) in [5, 5.41) is 3.23. The van der Waals surface area contributed by atoms with Gasteiger partial charge in [-0.2, -0.15) is 0 Å². The third kappa shape index (κ3) is 2.48. The second kappa shape index (κ2) is 4.47. The van der Waals surface area contributed by atoms with E-state index >= 15 is 0 Å². The molecule has 0 bridgehead atoms. The maximum Gasteiger partial charge on any atom is 0.230 e. The highest BCUT2D eigenvalue weighted by Crippen LogP contribution is 2.22. The first kappa shape index (κ1) is 12.4. The molecule has 2 unspecified atom stereocenters. The predicted octanol–water partition coefficient (Wildman–Crippen LogP) is -0.0102. The molecule has 0 aromatic carbocycles. The number of carbonyl (C=O) groups excluding carboxylic acids is 1. The second-order valence-corrected chi connectivity index (χ2v) is 4.96. The fraction of sp³-hybridized carbons (Fsp3) is 0.900. The molecule has 5 heteroatoms. The fourth-order valence-electron chi connectivity index (χ4n) is 1.91. The van der Waals surface area contributed by atoms with Gasteiger partial charge in [-0.3, -0.25) is 16.0 Å². The molecule has 1 aliphatic heterocycles. The Morgan fingerprint density at radius 3 is 2.60 bits per heavy atom. The summed E-state index contributed by atoms with van der Waals surface area (Å²) in [6.45, 7) is 8.66. The molecule has 0 aromatic heterocycles. The standard InChI is InChI=1S/C10H22N4O/c1-5-7-8(13-11)12-6-14(9(7)15)10(2,3)4/h7-8,12-13H,5-6,11H2,1-4H3. The van der Waals surface area contributed by atoms with E-state index < -0.39 is 0 Å². The molecule has 0 spiro atoms. The predicted molar refractivity (Wildman–Crippen MR) is 59.5 cm³/mol. The van der Waals surface area contributed by atoms with Gasteiger partial charge >= 0.3 is 0 Å². The molecule has 0 saturated carbocycles. The number of rotatable bonds is 2. The normalized spacial score (nSPS) is 28.3. The van der Waals surface area contributed by atoms with Gasteiger partial charge in [0.05, 0.1) is 18.8 Å². The van der Waals surface area contributed by atoms with Crippen LogP contribution in [0.1, 0.15) is 34.1 Å². The summed E-state index contributed by atoms with van der Waals surface area (Å²) in [6.07, 6.45) is 0.675. The van der Waals surface area contributed by atoms with Crippen LogP contribution in [0.5, 0.6) is 0 Å². The summed E-state index contributed by atoms with van der Waals surface area (Å²) in [6, 6.07) is 0. The van der Waals surface area contributed by atoms with Gasteiger partial charge in [-0.05, 0) is 27.2 Å². The van der Waals surface area contributed by atoms with Gasteiger partial charge in [0.25, 0.3) is 0 Å². The van der Waals surface area contributed by atoms with E-state index in [0.717, 1.165) is 6.42 Å². The maximum absolute atomic E-state index is 12.2. The van der Waals surface area contributed by atoms with E-state index in [-0.39, 0.29) is 23.5 Å². The van der Waals surface area contributed by atoms with Gasteiger partial charge in [-0.1, -0.05) is 6.92 Å². The van der Waals surface area contributed by atoms with Gasteiger partial charge < -0.3 is 4.90 Å². The van der Waals surface area contributed by atoms with Gasteiger partial charge in [0.1, 0.15) is 0 Å². The highest BCUT2D eigenvalue weighted by atomic mass is 16.2. The zero-order valence-electron chi connectivity index (χ0n) is 10.0. The van der Waals surface area contributed by atoms with Crippen molar-refractivity contribution in [1.29, 1.82) is 0 Å². The molecule has 5 nitrogen and oxygen atoms in total. The SMILES string of the molecule is CCC1C(=O)N(C(C)(C)C)CNC1NN. The first-order valence-corrected chi connectivity index (χ1v) is 5.42. The van der Waals surface area contributed by atoms with E-state index in [0.29, 0.717) is 6.67 Å². The molecule has 1 saturated heterocycles. The molecule has 1 rings (SSSR count). The molecule has 4 N–H and O–H groups in total. The van der Waals surface area contributed by atoms with Crippen LogP contribution in [0.4, 0.5) is 0 Å². The van der Waals surface area contributed by atoms with E-state index in [1.165, 1.54) is 0 Å². The number of nitrogens with zero attached hydrogens (tertiary/aromatic N) is 1. The number of carbonyl (C=O) groups is 1. The Kier molecular flexibility index (Phi) is 3.70. The van der Waals surface area contributed by atoms with Crippen LogP contribution in [0.3, 0.4) is 0 Å². The van der Waals surface area contributed by atoms with Crippen LogP contribution >= 0.6 is 0 Å². The number of nitrogens with one attached hydrogen (secondary N) is 2. The second-order valence-electron chi connectivity index (χ2n) is 4.96. The third-order valence-corrected chi connectivity index (χ3v) is 2.88. The Morgan fingerprint density at radius 2 is 2.20 bits per heavy atom. The largest absolute Gasteiger partial charge is 0.325 e. The Hall–Kier alpha value is -0.650. The van der Waals surface area contributed by atoms with Gasteiger partial charge in [-0.15, -0.1) is 0 Å². The first-order valence-electron chi connectivity index (χ1n) is 5.42. The Bertz CT molecular complexity index is 236. The van der Waals surface area contributed by atoms with Crippen LogP contribution < -0.4 is 16.6 Å². The van der Waals surface area contributed by atoms with E-state index in [4.69, 9.17) is 5.84 Å². The van der Waals surface area contributed by atoms with Gasteiger partial charge in [0, 0.05) is 5.54 Å². The van der Waals surface area contributed by atoms with Crippen LogP contribution in [-0.2, 0) is 4.79 Å². The third-order valence-electron chi connectivity index (χ3n) is 2.88. The van der Waals surface area contributed by atoms with Crippen molar-refractivity contribution in [3.8, 4) is 0 Å². The molecule has 15 heavy (non-hydrogen) atoms. The van der Waals surface area contributed by atoms with E-state index in [1.807, 2.05) is 32.6 Å². The van der Waals surface area contributed by atoms with Crippen molar-refractivity contribution in [2.24, 2.45) is 11.8 Å². The lowest BCUT2D eigenvalue weighted by Gasteiger charge is -2.44. The summed E-state index contributed by atoms with van der Waals surface area (Å²) in [5.41, 5.74) is 2.51. The molecule has 2 atom stereocenters. The Balaban J connectivity index is 2.80. The van der Waals surface area contributed by atoms with Crippen molar-refractivity contribution in [3.05, 3.63) is 0 Å². The zero-order valence-corrected chi connectivity index (χ0v) is 10.0. The average molecular weight is 214 g/mol. The highest BCUT2D eigenvalue weighted by molar-refractivity contribution is 5.81. The van der Waals surface area contributed by atoms with Crippen molar-refractivity contribution in [3.63, 3.8) is 0 Å². The minimum atomic E-state index is -0.142. The first-order chi connectivity index (χ1) is 6.91. The van der Waals surface area contributed by atoms with Crippen molar-refractivity contribution in [1.82, 2.24) is 15.6 Å². The van der Waals surface area contributed by atoms with Crippen LogP contribution in [0.2, 0.25) is 0 Å². The van der Waals surface area contributed by atoms with Gasteiger partial charge in [0.2, 0.25) is 5.91 Å². The molecule has 0 aromatic rings. The smallest absolute Gasteiger partial charge is 0.230 e. The summed E-state index contributed by atoms with van der Waals surface area (Å²) in [5.74, 6) is 5.49. The number of amides is 1. The fourth-order valence-corrected chi connectivity index (χ4v) is 1.91. The van der Waals surface area contributed by atoms with Crippen LogP contribution in [0.25, 0.3) is 0 Å². The summed E-state index contributed by atoms with van der Waals surface area (Å²) in [4.78, 5) is 14.0. The minimum absolute atomic E-state index is 0.0806. The number of hydrazine groups is 1. The molecule has 0 radical (unpaired) electrons. The topological polar surface area (TPSA) is 70.4 Å². The monoisotopic (exact) mass is 214 g/mol. The lowest BCUT2D eigenvalue weighted by Crippen LogP contribution is -2.66. The van der Waals surface area contributed by atoms with Crippen molar-refractivity contribution in [2.45, 2.75) is 45.8 Å². The molecule has 1 aliphatic rings. The summed E-state index contributed by atoms with van der Waals surface area (Å²) in [7, 11) is 0. The molecular weight excluding hydrogens is 192 g/mol. The minimum Gasteiger partial charge on any atom is -0.325 e. The molecule has 0 aliphatic carbocycles. The summed E-state index contributed by atoms with van der Waals surface area (Å²) < 4.78 is 0. The molecular formula is C10H22N4O. The lowest BCUT2D eigenvalue weighted by atomic mass is 9.95. The van der Waals surface area contributed by atoms with Gasteiger partial charge in [0.15, 0.2) is 0 Å². The number of hydrogen-bond donors (Lipinski definition) is 3. The van der Waals surface area contributed by atoms with Crippen molar-refractivity contribution >= 4 is 5.91 Å². The van der Waals surface area contributed by atoms with Gasteiger partial charge in [-0.25, -0.2) is 5.43 Å². The maximum atomic E-state index is 12.2. The molecule has 1 heterocycles. The van der Waals surface area contributed by atoms with E-state index in [9.17, 15) is 4.79 Å². The zero-order chi connectivity index (χ0) is 11.6. The van der Waals surface area contributed by atoms with E-state index in [2.05, 4.69) is 10.7 Å². The Morgan fingerprint density at radius 1 is 1.60 bits per heavy atom. The quantitative estimate of drug-likeness (QED) is 0.446. The van der Waals surface area contributed by atoms with Crippen LogP contribution in [-0.4, -0.2) is 29.2 Å². The Labute approximate surface area is 91.3 Å². The van der Waals surface area contributed by atoms with Crippen LogP contribution in [0.15, 0.2) is 0 Å². The molecule has 1 fully saturated rings. The highest BCUT2D eigenvalue weighted by Gasteiger charge is 2.38. The lowest BCUT2D eigenvalue weighted by molar-refractivity contribution is -0.147. The molecule has 1 amide bonds. The average Bonchev–Trinajstić information content (AvgIpc) is 2.15. The van der Waals surface area contributed by atoms with E-state index in [1.54, 1.807) is 0 Å². The summed E-state index contributed by atoms with van der Waals surface area (Å²) >= 11 is 0. The number of hydrogen-bond acceptors (Lipinski definition) is 4. The number of nitrogens with two attached hydrogens (primary N) is 1. The van der Waals surface area contributed by atoms with Crippen molar-refractivity contribution in [2.75, 3.05) is 6.67 Å². The van der Waals surface area contributed by atoms with Crippen LogP contribution in [0, 0.1) is 5.92 Å². The molecule has 88 valence electrons.